The first-order valence-electron chi connectivity index (χ1n) is 5.54. The SMILES string of the molecule is Cc1ccc(C)n1-c1ccc(CC(=O)S)cc1. The molecular formula is C14H15NOS. The van der Waals surface area contributed by atoms with Gasteiger partial charge in [-0.05, 0) is 43.7 Å². The van der Waals surface area contributed by atoms with Crippen molar-refractivity contribution in [2.24, 2.45) is 0 Å². The van der Waals surface area contributed by atoms with Crippen molar-refractivity contribution in [3.8, 4) is 5.69 Å². The van der Waals surface area contributed by atoms with Crippen LogP contribution < -0.4 is 0 Å². The Morgan fingerprint density at radius 3 is 2.06 bits per heavy atom. The van der Waals surface area contributed by atoms with Crippen LogP contribution in [-0.2, 0) is 11.2 Å². The molecule has 3 heteroatoms. The van der Waals surface area contributed by atoms with Crippen molar-refractivity contribution in [3.63, 3.8) is 0 Å². The molecule has 2 rings (SSSR count). The van der Waals surface area contributed by atoms with E-state index in [0.29, 0.717) is 6.42 Å². The molecule has 88 valence electrons. The summed E-state index contributed by atoms with van der Waals surface area (Å²) < 4.78 is 2.19. The summed E-state index contributed by atoms with van der Waals surface area (Å²) in [6.45, 7) is 4.16. The Hall–Kier alpha value is -1.48. The topological polar surface area (TPSA) is 22.0 Å². The van der Waals surface area contributed by atoms with E-state index in [0.717, 1.165) is 11.3 Å². The van der Waals surface area contributed by atoms with Crippen LogP contribution in [0.25, 0.3) is 5.69 Å². The molecule has 1 aromatic heterocycles. The first-order valence-corrected chi connectivity index (χ1v) is 5.98. The molecule has 0 aliphatic heterocycles. The minimum absolute atomic E-state index is 0.105. The Bertz CT molecular complexity index is 520. The van der Waals surface area contributed by atoms with E-state index in [1.165, 1.54) is 11.4 Å². The molecular weight excluding hydrogens is 230 g/mol. The molecule has 0 radical (unpaired) electrons. The molecule has 2 aromatic rings. The Balaban J connectivity index is 2.33. The third kappa shape index (κ3) is 2.61. The van der Waals surface area contributed by atoms with Gasteiger partial charge in [0.25, 0.3) is 0 Å². The van der Waals surface area contributed by atoms with Crippen LogP contribution in [-0.4, -0.2) is 9.68 Å². The first kappa shape index (κ1) is 12.0. The van der Waals surface area contributed by atoms with Crippen molar-refractivity contribution < 1.29 is 4.79 Å². The standard InChI is InChI=1S/C14H15NOS/c1-10-3-4-11(2)15(10)13-7-5-12(6-8-13)9-14(16)17/h3-8H,9H2,1-2H3,(H,16,17). The lowest BCUT2D eigenvalue weighted by Gasteiger charge is -2.09. The van der Waals surface area contributed by atoms with Crippen LogP contribution in [0.1, 0.15) is 17.0 Å². The molecule has 0 atom stereocenters. The van der Waals surface area contributed by atoms with Gasteiger partial charge < -0.3 is 4.57 Å². The minimum atomic E-state index is -0.105. The number of hydrogen-bond acceptors (Lipinski definition) is 1. The lowest BCUT2D eigenvalue weighted by atomic mass is 10.1. The highest BCUT2D eigenvalue weighted by Gasteiger charge is 2.04. The summed E-state index contributed by atoms with van der Waals surface area (Å²) in [4.78, 5) is 10.9. The number of thiol groups is 1. The largest absolute Gasteiger partial charge is 0.319 e. The molecule has 2 nitrogen and oxygen atoms in total. The number of aromatic nitrogens is 1. The molecule has 0 saturated carbocycles. The van der Waals surface area contributed by atoms with Gasteiger partial charge in [-0.2, -0.15) is 0 Å². The average Bonchev–Trinajstić information content (AvgIpc) is 2.59. The Morgan fingerprint density at radius 1 is 1.06 bits per heavy atom. The van der Waals surface area contributed by atoms with E-state index in [4.69, 9.17) is 0 Å². The van der Waals surface area contributed by atoms with E-state index < -0.39 is 0 Å². The van der Waals surface area contributed by atoms with Gasteiger partial charge in [0.2, 0.25) is 0 Å². The lowest BCUT2D eigenvalue weighted by Crippen LogP contribution is -1.99. The summed E-state index contributed by atoms with van der Waals surface area (Å²) >= 11 is 3.78. The van der Waals surface area contributed by atoms with Gasteiger partial charge in [-0.3, -0.25) is 4.79 Å². The Labute approximate surface area is 107 Å². The van der Waals surface area contributed by atoms with Crippen molar-refractivity contribution in [2.45, 2.75) is 20.3 Å². The number of hydrogen-bond donors (Lipinski definition) is 1. The summed E-state index contributed by atoms with van der Waals surface area (Å²) in [5, 5.41) is -0.105. The van der Waals surface area contributed by atoms with Gasteiger partial charge in [-0.15, -0.1) is 12.6 Å². The van der Waals surface area contributed by atoms with Gasteiger partial charge in [0.05, 0.1) is 0 Å². The van der Waals surface area contributed by atoms with Crippen molar-refractivity contribution in [2.75, 3.05) is 0 Å². The highest BCUT2D eigenvalue weighted by molar-refractivity contribution is 7.96. The molecule has 1 heterocycles. The molecule has 0 bridgehead atoms. The smallest absolute Gasteiger partial charge is 0.190 e. The summed E-state index contributed by atoms with van der Waals surface area (Å²) in [7, 11) is 0. The highest BCUT2D eigenvalue weighted by Crippen LogP contribution is 2.17. The van der Waals surface area contributed by atoms with Crippen LogP contribution in [0.3, 0.4) is 0 Å². The zero-order valence-electron chi connectivity index (χ0n) is 9.97. The first-order chi connectivity index (χ1) is 8.08. The average molecular weight is 245 g/mol. The molecule has 0 aliphatic carbocycles. The number of benzene rings is 1. The van der Waals surface area contributed by atoms with E-state index in [1.807, 2.05) is 24.3 Å². The number of aryl methyl sites for hydroxylation is 2. The van der Waals surface area contributed by atoms with Crippen LogP contribution in [0.5, 0.6) is 0 Å². The monoisotopic (exact) mass is 245 g/mol. The van der Waals surface area contributed by atoms with E-state index in [-0.39, 0.29) is 5.12 Å². The molecule has 0 amide bonds. The van der Waals surface area contributed by atoms with Gasteiger partial charge in [0.1, 0.15) is 0 Å². The van der Waals surface area contributed by atoms with Crippen LogP contribution >= 0.6 is 12.6 Å². The summed E-state index contributed by atoms with van der Waals surface area (Å²) in [6.07, 6.45) is 0.382. The van der Waals surface area contributed by atoms with Crippen LogP contribution in [0, 0.1) is 13.8 Å². The fraction of sp³-hybridized carbons (Fsp3) is 0.214. The number of nitrogens with zero attached hydrogens (tertiary/aromatic N) is 1. The maximum absolute atomic E-state index is 10.9. The van der Waals surface area contributed by atoms with Crippen molar-refractivity contribution in [1.29, 1.82) is 0 Å². The molecule has 1 aromatic carbocycles. The zero-order chi connectivity index (χ0) is 12.4. The quantitative estimate of drug-likeness (QED) is 0.825. The Kier molecular flexibility index (Phi) is 3.38. The predicted octanol–water partition coefficient (Wildman–Crippen LogP) is 3.09. The zero-order valence-corrected chi connectivity index (χ0v) is 10.9. The van der Waals surface area contributed by atoms with Crippen LogP contribution in [0.4, 0.5) is 0 Å². The van der Waals surface area contributed by atoms with Crippen molar-refractivity contribution in [3.05, 3.63) is 53.3 Å². The predicted molar refractivity (Wildman–Crippen MR) is 72.9 cm³/mol. The van der Waals surface area contributed by atoms with Crippen molar-refractivity contribution in [1.82, 2.24) is 4.57 Å². The molecule has 0 spiro atoms. The normalized spacial score (nSPS) is 10.5. The van der Waals surface area contributed by atoms with E-state index in [9.17, 15) is 4.79 Å². The van der Waals surface area contributed by atoms with Gasteiger partial charge in [-0.1, -0.05) is 12.1 Å². The molecule has 0 aliphatic rings. The van der Waals surface area contributed by atoms with Gasteiger partial charge in [-0.25, -0.2) is 0 Å². The second-order valence-corrected chi connectivity index (χ2v) is 4.69. The third-order valence-corrected chi connectivity index (χ3v) is 2.98. The second-order valence-electron chi connectivity index (χ2n) is 4.19. The number of rotatable bonds is 3. The second kappa shape index (κ2) is 4.80. The maximum atomic E-state index is 10.9. The molecule has 0 unspecified atom stereocenters. The molecule has 0 N–H and O–H groups in total. The third-order valence-electron chi connectivity index (χ3n) is 2.82. The van der Waals surface area contributed by atoms with Gasteiger partial charge in [0, 0.05) is 23.5 Å². The van der Waals surface area contributed by atoms with Gasteiger partial charge >= 0.3 is 0 Å². The Morgan fingerprint density at radius 2 is 1.59 bits per heavy atom. The summed E-state index contributed by atoms with van der Waals surface area (Å²) in [5.41, 5.74) is 4.54. The number of carbonyl (C=O) groups excluding carboxylic acids is 1. The van der Waals surface area contributed by atoms with E-state index >= 15 is 0 Å². The van der Waals surface area contributed by atoms with Crippen LogP contribution in [0.15, 0.2) is 36.4 Å². The summed E-state index contributed by atoms with van der Waals surface area (Å²) in [5.74, 6) is 0. The maximum Gasteiger partial charge on any atom is 0.190 e. The van der Waals surface area contributed by atoms with E-state index in [2.05, 4.69) is 43.2 Å². The lowest BCUT2D eigenvalue weighted by molar-refractivity contribution is -0.110. The summed E-state index contributed by atoms with van der Waals surface area (Å²) in [6, 6.07) is 12.2. The molecule has 0 fully saturated rings. The fourth-order valence-electron chi connectivity index (χ4n) is 2.01. The molecule has 0 saturated heterocycles. The fourth-order valence-corrected chi connectivity index (χ4v) is 2.20. The van der Waals surface area contributed by atoms with Crippen molar-refractivity contribution >= 4 is 17.7 Å². The van der Waals surface area contributed by atoms with Gasteiger partial charge in [0.15, 0.2) is 5.12 Å². The highest BCUT2D eigenvalue weighted by atomic mass is 32.1. The number of carbonyl (C=O) groups is 1. The van der Waals surface area contributed by atoms with Crippen LogP contribution in [0.2, 0.25) is 0 Å². The minimum Gasteiger partial charge on any atom is -0.319 e. The van der Waals surface area contributed by atoms with E-state index in [1.54, 1.807) is 0 Å². The molecule has 17 heavy (non-hydrogen) atoms.